The summed E-state index contributed by atoms with van der Waals surface area (Å²) >= 11 is 0. The fourth-order valence-corrected chi connectivity index (χ4v) is 3.21. The van der Waals surface area contributed by atoms with Crippen LogP contribution >= 0.6 is 0 Å². The third kappa shape index (κ3) is 4.01. The van der Waals surface area contributed by atoms with Gasteiger partial charge in [0.15, 0.2) is 0 Å². The van der Waals surface area contributed by atoms with Crippen LogP contribution in [0.25, 0.3) is 10.9 Å². The van der Waals surface area contributed by atoms with Crippen LogP contribution in [0.2, 0.25) is 0 Å². The van der Waals surface area contributed by atoms with Crippen LogP contribution in [0.15, 0.2) is 54.7 Å². The summed E-state index contributed by atoms with van der Waals surface area (Å²) in [6, 6.07) is 17.3. The molecule has 0 spiro atoms. The molecular formula is C22H26N2. The molecule has 2 nitrogen and oxygen atoms in total. The molecule has 3 aromatic rings. The van der Waals surface area contributed by atoms with Crippen LogP contribution in [0.5, 0.6) is 0 Å². The second-order valence-corrected chi connectivity index (χ2v) is 6.49. The first-order valence-electron chi connectivity index (χ1n) is 8.94. The number of fused-ring (bicyclic) bond motifs is 1. The number of unbranched alkanes of at least 4 members (excludes halogenated alkanes) is 2. The molecule has 0 aliphatic heterocycles. The lowest BCUT2D eigenvalue weighted by Gasteiger charge is -2.09. The zero-order valence-electron chi connectivity index (χ0n) is 14.5. The molecule has 0 saturated carbocycles. The van der Waals surface area contributed by atoms with Crippen molar-refractivity contribution < 1.29 is 0 Å². The molecule has 0 saturated heterocycles. The largest absolute Gasteiger partial charge is 0.326 e. The van der Waals surface area contributed by atoms with Gasteiger partial charge in [0.2, 0.25) is 0 Å². The third-order valence-electron chi connectivity index (χ3n) is 4.56. The monoisotopic (exact) mass is 318 g/mol. The van der Waals surface area contributed by atoms with Gasteiger partial charge in [0.05, 0.1) is 5.52 Å². The van der Waals surface area contributed by atoms with E-state index in [-0.39, 0.29) is 0 Å². The SMILES string of the molecule is CCCCCc1cnc2cccc(Cc3cccc(CN)c3)c2c1. The van der Waals surface area contributed by atoms with Crippen LogP contribution in [0.3, 0.4) is 0 Å². The van der Waals surface area contributed by atoms with Gasteiger partial charge in [-0.1, -0.05) is 56.2 Å². The van der Waals surface area contributed by atoms with Gasteiger partial charge in [-0.05, 0) is 53.6 Å². The summed E-state index contributed by atoms with van der Waals surface area (Å²) in [5.41, 5.74) is 12.0. The van der Waals surface area contributed by atoms with E-state index >= 15 is 0 Å². The van der Waals surface area contributed by atoms with Crippen LogP contribution in [-0.2, 0) is 19.4 Å². The number of nitrogens with zero attached hydrogens (tertiary/aromatic N) is 1. The average Bonchev–Trinajstić information content (AvgIpc) is 2.62. The number of hydrogen-bond donors (Lipinski definition) is 1. The second-order valence-electron chi connectivity index (χ2n) is 6.49. The van der Waals surface area contributed by atoms with Crippen molar-refractivity contribution in [3.05, 3.63) is 77.0 Å². The van der Waals surface area contributed by atoms with E-state index in [1.807, 2.05) is 6.20 Å². The minimum atomic E-state index is 0.590. The van der Waals surface area contributed by atoms with Crippen molar-refractivity contribution in [1.29, 1.82) is 0 Å². The molecule has 0 unspecified atom stereocenters. The summed E-state index contributed by atoms with van der Waals surface area (Å²) in [5.74, 6) is 0. The van der Waals surface area contributed by atoms with Crippen molar-refractivity contribution in [2.75, 3.05) is 0 Å². The number of pyridine rings is 1. The van der Waals surface area contributed by atoms with E-state index in [9.17, 15) is 0 Å². The highest BCUT2D eigenvalue weighted by Crippen LogP contribution is 2.22. The maximum atomic E-state index is 5.77. The zero-order chi connectivity index (χ0) is 16.8. The molecule has 0 amide bonds. The Bertz CT molecular complexity index is 808. The third-order valence-corrected chi connectivity index (χ3v) is 4.56. The van der Waals surface area contributed by atoms with Crippen LogP contribution < -0.4 is 5.73 Å². The van der Waals surface area contributed by atoms with Gasteiger partial charge in [0.25, 0.3) is 0 Å². The number of nitrogens with two attached hydrogens (primary N) is 1. The number of benzene rings is 2. The number of aromatic nitrogens is 1. The van der Waals surface area contributed by atoms with E-state index in [0.29, 0.717) is 6.54 Å². The van der Waals surface area contributed by atoms with Crippen molar-refractivity contribution in [3.8, 4) is 0 Å². The van der Waals surface area contributed by atoms with Crippen LogP contribution in [0.1, 0.15) is 48.4 Å². The number of rotatable bonds is 7. The smallest absolute Gasteiger partial charge is 0.0705 e. The molecule has 0 bridgehead atoms. The molecule has 0 radical (unpaired) electrons. The molecule has 0 aliphatic carbocycles. The van der Waals surface area contributed by atoms with Gasteiger partial charge in [0, 0.05) is 18.1 Å². The topological polar surface area (TPSA) is 38.9 Å². The van der Waals surface area contributed by atoms with Crippen molar-refractivity contribution in [2.45, 2.75) is 45.6 Å². The quantitative estimate of drug-likeness (QED) is 0.621. The summed E-state index contributed by atoms with van der Waals surface area (Å²) in [5, 5.41) is 1.28. The van der Waals surface area contributed by atoms with Crippen molar-refractivity contribution in [1.82, 2.24) is 4.98 Å². The van der Waals surface area contributed by atoms with Crippen LogP contribution in [-0.4, -0.2) is 4.98 Å². The van der Waals surface area contributed by atoms with Crippen LogP contribution in [0.4, 0.5) is 0 Å². The van der Waals surface area contributed by atoms with Gasteiger partial charge in [-0.3, -0.25) is 4.98 Å². The summed E-state index contributed by atoms with van der Waals surface area (Å²) in [4.78, 5) is 4.68. The maximum absolute atomic E-state index is 5.77. The fraction of sp³-hybridized carbons (Fsp3) is 0.318. The van der Waals surface area contributed by atoms with Gasteiger partial charge >= 0.3 is 0 Å². The van der Waals surface area contributed by atoms with E-state index in [1.165, 1.54) is 46.9 Å². The van der Waals surface area contributed by atoms with E-state index in [1.54, 1.807) is 0 Å². The Balaban J connectivity index is 1.89. The molecular weight excluding hydrogens is 292 g/mol. The molecule has 3 rings (SSSR count). The molecule has 0 atom stereocenters. The molecule has 2 heteroatoms. The Labute approximate surface area is 144 Å². The van der Waals surface area contributed by atoms with Crippen molar-refractivity contribution in [3.63, 3.8) is 0 Å². The molecule has 2 N–H and O–H groups in total. The van der Waals surface area contributed by atoms with Gasteiger partial charge in [-0.15, -0.1) is 0 Å². The van der Waals surface area contributed by atoms with Crippen LogP contribution in [0, 0.1) is 0 Å². The molecule has 24 heavy (non-hydrogen) atoms. The van der Waals surface area contributed by atoms with E-state index in [2.05, 4.69) is 60.4 Å². The highest BCUT2D eigenvalue weighted by molar-refractivity contribution is 5.83. The van der Waals surface area contributed by atoms with Gasteiger partial charge in [-0.25, -0.2) is 0 Å². The Morgan fingerprint density at radius 1 is 0.917 bits per heavy atom. The standard InChI is InChI=1S/C22H26N2/c1-2-3-4-7-19-14-21-20(10-6-11-22(21)24-16-19)13-17-8-5-9-18(12-17)15-23/h5-6,8-12,14,16H,2-4,7,13,15,23H2,1H3. The van der Waals surface area contributed by atoms with Crippen molar-refractivity contribution in [2.24, 2.45) is 5.73 Å². The number of hydrogen-bond acceptors (Lipinski definition) is 2. The average molecular weight is 318 g/mol. The highest BCUT2D eigenvalue weighted by atomic mass is 14.6. The Kier molecular flexibility index (Phi) is 5.60. The lowest BCUT2D eigenvalue weighted by molar-refractivity contribution is 0.716. The van der Waals surface area contributed by atoms with E-state index in [4.69, 9.17) is 5.73 Å². The normalized spacial score (nSPS) is 11.1. The van der Waals surface area contributed by atoms with Gasteiger partial charge in [-0.2, -0.15) is 0 Å². The van der Waals surface area contributed by atoms with E-state index < -0.39 is 0 Å². The predicted molar refractivity (Wildman–Crippen MR) is 102 cm³/mol. The molecule has 1 heterocycles. The van der Waals surface area contributed by atoms with Gasteiger partial charge < -0.3 is 5.73 Å². The van der Waals surface area contributed by atoms with E-state index in [0.717, 1.165) is 18.4 Å². The lowest BCUT2D eigenvalue weighted by atomic mass is 9.97. The molecule has 2 aromatic carbocycles. The highest BCUT2D eigenvalue weighted by Gasteiger charge is 2.05. The number of aryl methyl sites for hydroxylation is 1. The summed E-state index contributed by atoms with van der Waals surface area (Å²) in [7, 11) is 0. The minimum Gasteiger partial charge on any atom is -0.326 e. The van der Waals surface area contributed by atoms with Crippen molar-refractivity contribution >= 4 is 10.9 Å². The summed E-state index contributed by atoms with van der Waals surface area (Å²) < 4.78 is 0. The first kappa shape index (κ1) is 16.7. The first-order chi connectivity index (χ1) is 11.8. The maximum Gasteiger partial charge on any atom is 0.0705 e. The Hall–Kier alpha value is -2.19. The Morgan fingerprint density at radius 3 is 2.58 bits per heavy atom. The molecule has 124 valence electrons. The lowest BCUT2D eigenvalue weighted by Crippen LogP contribution is -1.98. The first-order valence-corrected chi connectivity index (χ1v) is 8.94. The predicted octanol–water partition coefficient (Wildman–Crippen LogP) is 5.02. The Morgan fingerprint density at radius 2 is 1.75 bits per heavy atom. The molecule has 1 aromatic heterocycles. The molecule has 0 fully saturated rings. The summed E-state index contributed by atoms with van der Waals surface area (Å²) in [6.45, 7) is 2.83. The molecule has 0 aliphatic rings. The zero-order valence-corrected chi connectivity index (χ0v) is 14.5. The second kappa shape index (κ2) is 8.07. The van der Waals surface area contributed by atoms with Gasteiger partial charge in [0.1, 0.15) is 0 Å². The summed E-state index contributed by atoms with van der Waals surface area (Å²) in [6.07, 6.45) is 7.86. The minimum absolute atomic E-state index is 0.590. The fourth-order valence-electron chi connectivity index (χ4n) is 3.21.